The molecule has 0 unspecified atom stereocenters. The van der Waals surface area contributed by atoms with Gasteiger partial charge < -0.3 is 9.67 Å². The topological polar surface area (TPSA) is 68.0 Å². The Morgan fingerprint density at radius 2 is 2.14 bits per heavy atom. The zero-order valence-electron chi connectivity index (χ0n) is 12.6. The molecule has 2 rings (SSSR count). The number of hydrogen-bond acceptors (Lipinski definition) is 5. The molecule has 0 aliphatic rings. The lowest BCUT2D eigenvalue weighted by Crippen LogP contribution is -2.18. The molecule has 2 aromatic heterocycles. The molecule has 0 spiro atoms. The van der Waals surface area contributed by atoms with Crippen LogP contribution in [-0.4, -0.2) is 31.4 Å². The van der Waals surface area contributed by atoms with Gasteiger partial charge in [-0.2, -0.15) is 0 Å². The molecule has 0 amide bonds. The lowest BCUT2D eigenvalue weighted by Gasteiger charge is -2.21. The lowest BCUT2D eigenvalue weighted by atomic mass is 9.92. The zero-order chi connectivity index (χ0) is 15.6. The first kappa shape index (κ1) is 16.0. The number of carbonyl (C=O) groups is 1. The summed E-state index contributed by atoms with van der Waals surface area (Å²) in [5.41, 5.74) is 3.90. The first-order valence-electron chi connectivity index (χ1n) is 6.58. The summed E-state index contributed by atoms with van der Waals surface area (Å²) in [6.45, 7) is 9.07. The van der Waals surface area contributed by atoms with Crippen LogP contribution in [0.2, 0.25) is 0 Å². The third kappa shape index (κ3) is 3.85. The number of carboxylic acid groups (broad SMARTS) is 1. The van der Waals surface area contributed by atoms with Gasteiger partial charge in [0.15, 0.2) is 5.16 Å². The average molecular weight is 325 g/mol. The van der Waals surface area contributed by atoms with Crippen molar-refractivity contribution >= 4 is 29.1 Å². The Morgan fingerprint density at radius 1 is 1.43 bits per heavy atom. The summed E-state index contributed by atoms with van der Waals surface area (Å²) >= 11 is 2.87. The van der Waals surface area contributed by atoms with E-state index in [9.17, 15) is 4.79 Å². The van der Waals surface area contributed by atoms with Crippen molar-refractivity contribution in [1.82, 2.24) is 14.5 Å². The van der Waals surface area contributed by atoms with Gasteiger partial charge in [0.25, 0.3) is 0 Å². The number of hydrogen-bond donors (Lipinski definition) is 1. The normalized spacial score (nSPS) is 11.8. The number of aliphatic carboxylic acids is 1. The third-order valence-electron chi connectivity index (χ3n) is 3.06. The highest BCUT2D eigenvalue weighted by Gasteiger charge is 2.23. The number of carboxylic acids is 1. The molecule has 0 atom stereocenters. The van der Waals surface area contributed by atoms with Gasteiger partial charge in [-0.05, 0) is 6.92 Å². The Labute approximate surface area is 132 Å². The fourth-order valence-electron chi connectivity index (χ4n) is 1.97. The number of thiazole rings is 1. The molecule has 0 aliphatic carbocycles. The van der Waals surface area contributed by atoms with E-state index in [1.165, 1.54) is 16.6 Å². The van der Waals surface area contributed by atoms with Crippen LogP contribution in [0, 0.1) is 6.92 Å². The van der Waals surface area contributed by atoms with Crippen molar-refractivity contribution in [2.24, 2.45) is 0 Å². The van der Waals surface area contributed by atoms with E-state index < -0.39 is 5.97 Å². The van der Waals surface area contributed by atoms with Crippen LogP contribution in [0.1, 0.15) is 37.0 Å². The maximum atomic E-state index is 10.8. The number of thioether (sulfide) groups is 1. The van der Waals surface area contributed by atoms with Gasteiger partial charge in [-0.1, -0.05) is 32.5 Å². The first-order valence-corrected chi connectivity index (χ1v) is 8.45. The Bertz CT molecular complexity index is 641. The van der Waals surface area contributed by atoms with Crippen molar-refractivity contribution < 1.29 is 9.90 Å². The number of aromatic nitrogens is 3. The van der Waals surface area contributed by atoms with Gasteiger partial charge in [0.05, 0.1) is 23.5 Å². The molecule has 1 N–H and O–H groups in total. The van der Waals surface area contributed by atoms with E-state index in [0.29, 0.717) is 6.54 Å². The summed E-state index contributed by atoms with van der Waals surface area (Å²) in [4.78, 5) is 20.7. The van der Waals surface area contributed by atoms with Gasteiger partial charge in [-0.15, -0.1) is 11.3 Å². The maximum Gasteiger partial charge on any atom is 0.313 e. The van der Waals surface area contributed by atoms with Crippen LogP contribution in [0.4, 0.5) is 0 Å². The minimum atomic E-state index is -0.833. The first-order chi connectivity index (χ1) is 9.79. The smallest absolute Gasteiger partial charge is 0.313 e. The van der Waals surface area contributed by atoms with Crippen molar-refractivity contribution in [3.63, 3.8) is 0 Å². The second kappa shape index (κ2) is 6.19. The summed E-state index contributed by atoms with van der Waals surface area (Å²) in [5, 5.41) is 9.61. The Hall–Kier alpha value is -1.34. The summed E-state index contributed by atoms with van der Waals surface area (Å²) < 4.78 is 2.11. The molecule has 0 saturated carbocycles. The molecule has 0 aromatic carbocycles. The molecule has 21 heavy (non-hydrogen) atoms. The van der Waals surface area contributed by atoms with E-state index in [-0.39, 0.29) is 11.2 Å². The molecular weight excluding hydrogens is 306 g/mol. The molecule has 7 heteroatoms. The molecule has 0 radical (unpaired) electrons. The van der Waals surface area contributed by atoms with Gasteiger partial charge in [-0.25, -0.2) is 9.97 Å². The predicted octanol–water partition coefficient (Wildman–Crippen LogP) is 3.17. The van der Waals surface area contributed by atoms with Gasteiger partial charge in [0.2, 0.25) is 0 Å². The molecule has 0 aliphatic heterocycles. The van der Waals surface area contributed by atoms with E-state index in [1.807, 2.05) is 18.6 Å². The molecule has 2 aromatic rings. The SMILES string of the molecule is Cc1ncsc1Cn1c(C(C)(C)C)cnc1SCC(=O)O. The second-order valence-electron chi connectivity index (χ2n) is 5.81. The maximum absolute atomic E-state index is 10.8. The third-order valence-corrected chi connectivity index (χ3v) is 4.95. The van der Waals surface area contributed by atoms with E-state index in [1.54, 1.807) is 11.3 Å². The minimum Gasteiger partial charge on any atom is -0.481 e. The van der Waals surface area contributed by atoms with Gasteiger partial charge in [0.1, 0.15) is 0 Å². The van der Waals surface area contributed by atoms with Crippen LogP contribution in [0.15, 0.2) is 16.9 Å². The van der Waals surface area contributed by atoms with Crippen molar-refractivity contribution in [2.75, 3.05) is 5.75 Å². The fraction of sp³-hybridized carbons (Fsp3) is 0.500. The molecule has 0 fully saturated rings. The van der Waals surface area contributed by atoms with Crippen LogP contribution in [0.3, 0.4) is 0 Å². The predicted molar refractivity (Wildman–Crippen MR) is 85.2 cm³/mol. The van der Waals surface area contributed by atoms with Gasteiger partial charge in [-0.3, -0.25) is 4.79 Å². The zero-order valence-corrected chi connectivity index (χ0v) is 14.2. The van der Waals surface area contributed by atoms with Crippen molar-refractivity contribution in [3.05, 3.63) is 28.0 Å². The standard InChI is InChI=1S/C14H19N3O2S2/c1-9-10(21-8-16-9)6-17-11(14(2,3)4)5-15-13(17)20-7-12(18)19/h5,8H,6-7H2,1-4H3,(H,18,19). The van der Waals surface area contributed by atoms with Crippen LogP contribution >= 0.6 is 23.1 Å². The highest BCUT2D eigenvalue weighted by molar-refractivity contribution is 7.99. The number of rotatable bonds is 5. The fourth-order valence-corrected chi connectivity index (χ4v) is 3.44. The van der Waals surface area contributed by atoms with E-state index in [4.69, 9.17) is 5.11 Å². The summed E-state index contributed by atoms with van der Waals surface area (Å²) in [5.74, 6) is -0.816. The lowest BCUT2D eigenvalue weighted by molar-refractivity contribution is -0.133. The quantitative estimate of drug-likeness (QED) is 0.855. The van der Waals surface area contributed by atoms with Crippen molar-refractivity contribution in [2.45, 2.75) is 44.8 Å². The van der Waals surface area contributed by atoms with Crippen LogP contribution in [-0.2, 0) is 16.8 Å². The highest BCUT2D eigenvalue weighted by Crippen LogP contribution is 2.29. The van der Waals surface area contributed by atoms with Gasteiger partial charge in [0, 0.05) is 22.2 Å². The molecule has 114 valence electrons. The summed E-state index contributed by atoms with van der Waals surface area (Å²) in [6.07, 6.45) is 1.85. The highest BCUT2D eigenvalue weighted by atomic mass is 32.2. The van der Waals surface area contributed by atoms with E-state index in [2.05, 4.69) is 35.3 Å². The molecule has 2 heterocycles. The van der Waals surface area contributed by atoms with Crippen LogP contribution in [0.25, 0.3) is 0 Å². The Balaban J connectivity index is 2.36. The Morgan fingerprint density at radius 3 is 2.67 bits per heavy atom. The monoisotopic (exact) mass is 325 g/mol. The van der Waals surface area contributed by atoms with Crippen molar-refractivity contribution in [3.8, 4) is 0 Å². The Kier molecular flexibility index (Phi) is 4.73. The average Bonchev–Trinajstić information content (AvgIpc) is 2.94. The molecule has 0 bridgehead atoms. The summed E-state index contributed by atoms with van der Waals surface area (Å²) in [6, 6.07) is 0. The number of aryl methyl sites for hydroxylation is 1. The van der Waals surface area contributed by atoms with Crippen LogP contribution < -0.4 is 0 Å². The summed E-state index contributed by atoms with van der Waals surface area (Å²) in [7, 11) is 0. The number of imidazole rings is 1. The van der Waals surface area contributed by atoms with Gasteiger partial charge >= 0.3 is 5.97 Å². The van der Waals surface area contributed by atoms with Crippen molar-refractivity contribution in [1.29, 1.82) is 0 Å². The minimum absolute atomic E-state index is 0.0161. The largest absolute Gasteiger partial charge is 0.481 e. The van der Waals surface area contributed by atoms with E-state index in [0.717, 1.165) is 16.5 Å². The molecule has 5 nitrogen and oxygen atoms in total. The van der Waals surface area contributed by atoms with E-state index >= 15 is 0 Å². The molecular formula is C14H19N3O2S2. The molecule has 0 saturated heterocycles. The number of nitrogens with zero attached hydrogens (tertiary/aromatic N) is 3. The second-order valence-corrected chi connectivity index (χ2v) is 7.69. The van der Waals surface area contributed by atoms with Crippen LogP contribution in [0.5, 0.6) is 0 Å².